The summed E-state index contributed by atoms with van der Waals surface area (Å²) in [4.78, 5) is 31.6. The number of aliphatic imine (C=N–C) groups is 1. The predicted octanol–water partition coefficient (Wildman–Crippen LogP) is 4.85. The van der Waals surface area contributed by atoms with Gasteiger partial charge in [0, 0.05) is 34.8 Å². The van der Waals surface area contributed by atoms with E-state index in [2.05, 4.69) is 13.8 Å². The van der Waals surface area contributed by atoms with E-state index in [1.807, 2.05) is 48.5 Å². The number of fused-ring (bicyclic) bond motifs is 3. The van der Waals surface area contributed by atoms with E-state index in [1.165, 1.54) is 0 Å². The number of ether oxygens (including phenoxy) is 1. The normalized spacial score (nSPS) is 24.6. The third-order valence-corrected chi connectivity index (χ3v) is 6.32. The zero-order valence-electron chi connectivity index (χ0n) is 16.9. The molecule has 4 nitrogen and oxygen atoms in total. The van der Waals surface area contributed by atoms with Gasteiger partial charge in [0.05, 0.1) is 18.7 Å². The molecule has 3 aliphatic rings. The lowest BCUT2D eigenvalue weighted by Crippen LogP contribution is -2.43. The van der Waals surface area contributed by atoms with E-state index in [0.29, 0.717) is 17.6 Å². The van der Waals surface area contributed by atoms with Crippen molar-refractivity contribution in [1.29, 1.82) is 0 Å². The Balaban J connectivity index is 1.73. The molecule has 0 saturated heterocycles. The Morgan fingerprint density at radius 1 is 0.931 bits per heavy atom. The molecule has 1 unspecified atom stereocenters. The monoisotopic (exact) mass is 385 g/mol. The third-order valence-electron chi connectivity index (χ3n) is 6.32. The average Bonchev–Trinajstić information content (AvgIpc) is 2.98. The van der Waals surface area contributed by atoms with Crippen molar-refractivity contribution >= 4 is 23.0 Å². The molecule has 29 heavy (non-hydrogen) atoms. The smallest absolute Gasteiger partial charge is 0.192 e. The first-order chi connectivity index (χ1) is 13.9. The molecule has 1 aliphatic heterocycles. The van der Waals surface area contributed by atoms with E-state index < -0.39 is 0 Å². The number of Topliss-reactive ketones (excluding diaryl/α,β-unsaturated/α-hetero) is 2. The van der Waals surface area contributed by atoms with E-state index in [1.54, 1.807) is 7.11 Å². The fourth-order valence-corrected chi connectivity index (χ4v) is 5.09. The van der Waals surface area contributed by atoms with Crippen molar-refractivity contribution in [1.82, 2.24) is 0 Å². The van der Waals surface area contributed by atoms with Gasteiger partial charge >= 0.3 is 0 Å². The van der Waals surface area contributed by atoms with E-state index in [0.717, 1.165) is 34.7 Å². The number of carbonyl (C=O) groups excluding carboxylic acids is 2. The number of nitrogens with zero attached hydrogens (tertiary/aromatic N) is 1. The molecule has 0 bridgehead atoms. The summed E-state index contributed by atoms with van der Waals surface area (Å²) in [6, 6.07) is 15.4. The molecule has 1 fully saturated rings. The van der Waals surface area contributed by atoms with Crippen molar-refractivity contribution in [2.45, 2.75) is 32.6 Å². The summed E-state index contributed by atoms with van der Waals surface area (Å²) in [5.74, 6) is 0.262. The highest BCUT2D eigenvalue weighted by Gasteiger charge is 2.49. The molecule has 2 aliphatic carbocycles. The van der Waals surface area contributed by atoms with E-state index in [-0.39, 0.29) is 28.8 Å². The zero-order chi connectivity index (χ0) is 20.3. The number of allylic oxidation sites excluding steroid dienone is 1. The van der Waals surface area contributed by atoms with Crippen LogP contribution in [0.4, 0.5) is 0 Å². The molecule has 5 rings (SSSR count). The molecule has 0 amide bonds. The number of hydrogen-bond donors (Lipinski definition) is 0. The van der Waals surface area contributed by atoms with Crippen molar-refractivity contribution < 1.29 is 14.3 Å². The average molecular weight is 385 g/mol. The first kappa shape index (κ1) is 18.0. The maximum atomic E-state index is 13.4. The Hall–Kier alpha value is -3.01. The standard InChI is InChI=1S/C25H23NO3/c1-25(2)12-18-21(19(27)13-25)20(14-8-10-15(29-3)11-9-14)22-23(26-18)16-6-4-5-7-17(16)24(22)28/h4-11,20-21H,12-13H2,1-3H3/t20-,21?/m1/s1. The van der Waals surface area contributed by atoms with Gasteiger partial charge in [0.2, 0.25) is 0 Å². The zero-order valence-corrected chi connectivity index (χ0v) is 16.9. The van der Waals surface area contributed by atoms with Crippen LogP contribution >= 0.6 is 0 Å². The third kappa shape index (κ3) is 2.70. The van der Waals surface area contributed by atoms with Crippen LogP contribution in [0.5, 0.6) is 5.75 Å². The van der Waals surface area contributed by atoms with Crippen LogP contribution in [-0.4, -0.2) is 24.4 Å². The van der Waals surface area contributed by atoms with Crippen LogP contribution in [-0.2, 0) is 4.79 Å². The van der Waals surface area contributed by atoms with Crippen LogP contribution in [0.1, 0.15) is 54.1 Å². The summed E-state index contributed by atoms with van der Waals surface area (Å²) in [5.41, 5.74) is 4.75. The number of benzene rings is 2. The maximum Gasteiger partial charge on any atom is 0.192 e. The van der Waals surface area contributed by atoms with Gasteiger partial charge in [-0.1, -0.05) is 50.2 Å². The molecule has 0 spiro atoms. The molecule has 0 N–H and O–H groups in total. The Kier molecular flexibility index (Phi) is 3.89. The van der Waals surface area contributed by atoms with Crippen molar-refractivity contribution in [3.8, 4) is 5.75 Å². The van der Waals surface area contributed by atoms with Gasteiger partial charge in [0.15, 0.2) is 5.78 Å². The van der Waals surface area contributed by atoms with Gasteiger partial charge < -0.3 is 4.74 Å². The Labute approximate surface area is 170 Å². The summed E-state index contributed by atoms with van der Waals surface area (Å²) in [7, 11) is 1.63. The molecule has 2 aromatic carbocycles. The maximum absolute atomic E-state index is 13.4. The Morgan fingerprint density at radius 2 is 1.62 bits per heavy atom. The topological polar surface area (TPSA) is 55.7 Å². The quantitative estimate of drug-likeness (QED) is 0.743. The SMILES string of the molecule is COc1ccc([C@H]2C3=C(N=C4CC(C)(C)CC(=O)C42)c2ccccc2C3=O)cc1. The minimum absolute atomic E-state index is 0.00292. The summed E-state index contributed by atoms with van der Waals surface area (Å²) in [6.07, 6.45) is 1.27. The number of hydrogen-bond acceptors (Lipinski definition) is 4. The van der Waals surface area contributed by atoms with Gasteiger partial charge in [-0.2, -0.15) is 0 Å². The van der Waals surface area contributed by atoms with Gasteiger partial charge in [0.25, 0.3) is 0 Å². The van der Waals surface area contributed by atoms with Crippen LogP contribution in [0, 0.1) is 11.3 Å². The van der Waals surface area contributed by atoms with Crippen LogP contribution in [0.25, 0.3) is 5.70 Å². The van der Waals surface area contributed by atoms with Crippen molar-refractivity contribution in [2.75, 3.05) is 7.11 Å². The second-order valence-electron chi connectivity index (χ2n) is 8.95. The Morgan fingerprint density at radius 3 is 2.31 bits per heavy atom. The first-order valence-electron chi connectivity index (χ1n) is 10.0. The highest BCUT2D eigenvalue weighted by Crippen LogP contribution is 2.52. The molecule has 2 atom stereocenters. The summed E-state index contributed by atoms with van der Waals surface area (Å²) >= 11 is 0. The van der Waals surface area contributed by atoms with Crippen LogP contribution < -0.4 is 4.74 Å². The van der Waals surface area contributed by atoms with Crippen LogP contribution in [0.2, 0.25) is 0 Å². The number of ketones is 2. The summed E-state index contributed by atoms with van der Waals surface area (Å²) < 4.78 is 5.30. The second kappa shape index (κ2) is 6.24. The minimum atomic E-state index is -0.367. The van der Waals surface area contributed by atoms with Crippen molar-refractivity contribution in [3.05, 3.63) is 70.8 Å². The summed E-state index contributed by atoms with van der Waals surface area (Å²) in [6.45, 7) is 4.23. The van der Waals surface area contributed by atoms with E-state index in [9.17, 15) is 9.59 Å². The number of rotatable bonds is 2. The molecule has 1 saturated carbocycles. The number of carbonyl (C=O) groups is 2. The van der Waals surface area contributed by atoms with Gasteiger partial charge in [-0.05, 0) is 29.5 Å². The highest BCUT2D eigenvalue weighted by molar-refractivity contribution is 6.25. The fraction of sp³-hybridized carbons (Fsp3) is 0.320. The van der Waals surface area contributed by atoms with Gasteiger partial charge in [0.1, 0.15) is 11.5 Å². The molecule has 4 heteroatoms. The first-order valence-corrected chi connectivity index (χ1v) is 10.0. The Bertz CT molecular complexity index is 1110. The molecule has 0 radical (unpaired) electrons. The molecular weight excluding hydrogens is 362 g/mol. The number of methoxy groups -OCH3 is 1. The van der Waals surface area contributed by atoms with Gasteiger partial charge in [-0.15, -0.1) is 0 Å². The summed E-state index contributed by atoms with van der Waals surface area (Å²) in [5, 5.41) is 0. The molecule has 1 heterocycles. The lowest BCUT2D eigenvalue weighted by molar-refractivity contribution is -0.124. The van der Waals surface area contributed by atoms with E-state index in [4.69, 9.17) is 9.73 Å². The lowest BCUT2D eigenvalue weighted by atomic mass is 9.63. The largest absolute Gasteiger partial charge is 0.497 e. The van der Waals surface area contributed by atoms with Crippen molar-refractivity contribution in [3.63, 3.8) is 0 Å². The van der Waals surface area contributed by atoms with E-state index >= 15 is 0 Å². The predicted molar refractivity (Wildman–Crippen MR) is 112 cm³/mol. The highest BCUT2D eigenvalue weighted by atomic mass is 16.5. The lowest BCUT2D eigenvalue weighted by Gasteiger charge is -2.40. The minimum Gasteiger partial charge on any atom is -0.497 e. The molecular formula is C25H23NO3. The van der Waals surface area contributed by atoms with Gasteiger partial charge in [-0.3, -0.25) is 14.6 Å². The fourth-order valence-electron chi connectivity index (χ4n) is 5.09. The second-order valence-corrected chi connectivity index (χ2v) is 8.95. The van der Waals surface area contributed by atoms with Crippen LogP contribution in [0.15, 0.2) is 59.1 Å². The molecule has 146 valence electrons. The van der Waals surface area contributed by atoms with Crippen molar-refractivity contribution in [2.24, 2.45) is 16.3 Å². The molecule has 0 aromatic heterocycles. The molecule has 2 aromatic rings. The van der Waals surface area contributed by atoms with Crippen LogP contribution in [0.3, 0.4) is 0 Å². The van der Waals surface area contributed by atoms with Gasteiger partial charge in [-0.25, -0.2) is 0 Å².